The molecule has 1 aliphatic rings. The quantitative estimate of drug-likeness (QED) is 0.468. The van der Waals surface area contributed by atoms with E-state index in [1.807, 2.05) is 30.3 Å². The van der Waals surface area contributed by atoms with Crippen LogP contribution in [0.4, 0.5) is 18.9 Å². The SMILES string of the molecule is C[C@@H](NC(=O)[C@@H]1CCN(CC(CC=O)Nc2ccccc2)C1)c1ccc(OCC(F)(F)F)s1. The second-order valence-electron chi connectivity index (χ2n) is 8.15. The lowest BCUT2D eigenvalue weighted by atomic mass is 10.1. The number of thiophene rings is 1. The first-order valence-electron chi connectivity index (χ1n) is 10.8. The molecule has 1 unspecified atom stereocenters. The third kappa shape index (κ3) is 8.04. The van der Waals surface area contributed by atoms with Crippen molar-refractivity contribution in [1.29, 1.82) is 0 Å². The summed E-state index contributed by atoms with van der Waals surface area (Å²) in [5.74, 6) is -0.263. The minimum Gasteiger partial charge on any atom is -0.475 e. The highest BCUT2D eigenvalue weighted by Gasteiger charge is 2.31. The molecule has 1 amide bonds. The molecule has 2 heterocycles. The number of rotatable bonds is 11. The van der Waals surface area contributed by atoms with Crippen molar-refractivity contribution in [2.45, 2.75) is 38.0 Å². The highest BCUT2D eigenvalue weighted by Crippen LogP contribution is 2.31. The monoisotopic (exact) mass is 483 g/mol. The maximum absolute atomic E-state index is 12.8. The predicted octanol–water partition coefficient (Wildman–Crippen LogP) is 4.26. The Bertz CT molecular complexity index is 907. The zero-order valence-electron chi connectivity index (χ0n) is 18.3. The molecule has 0 bridgehead atoms. The zero-order chi connectivity index (χ0) is 23.8. The highest BCUT2D eigenvalue weighted by atomic mass is 32.1. The van der Waals surface area contributed by atoms with Gasteiger partial charge in [0, 0.05) is 36.1 Å². The lowest BCUT2D eigenvalue weighted by Crippen LogP contribution is -2.38. The van der Waals surface area contributed by atoms with Crippen LogP contribution in [0.25, 0.3) is 0 Å². The summed E-state index contributed by atoms with van der Waals surface area (Å²) in [6.07, 6.45) is -2.41. The van der Waals surface area contributed by atoms with E-state index in [0.717, 1.165) is 34.7 Å². The minimum atomic E-state index is -4.39. The molecule has 3 atom stereocenters. The van der Waals surface area contributed by atoms with Crippen molar-refractivity contribution in [3.05, 3.63) is 47.3 Å². The molecule has 3 rings (SSSR count). The summed E-state index contributed by atoms with van der Waals surface area (Å²) in [5, 5.41) is 6.50. The first-order valence-corrected chi connectivity index (χ1v) is 11.6. The Balaban J connectivity index is 1.47. The topological polar surface area (TPSA) is 70.7 Å². The van der Waals surface area contributed by atoms with E-state index in [-0.39, 0.29) is 29.0 Å². The lowest BCUT2D eigenvalue weighted by molar-refractivity contribution is -0.152. The van der Waals surface area contributed by atoms with E-state index in [0.29, 0.717) is 25.9 Å². The number of anilines is 1. The van der Waals surface area contributed by atoms with Gasteiger partial charge in [-0.1, -0.05) is 18.2 Å². The van der Waals surface area contributed by atoms with Crippen LogP contribution < -0.4 is 15.4 Å². The van der Waals surface area contributed by atoms with Crippen molar-refractivity contribution in [1.82, 2.24) is 10.2 Å². The number of amides is 1. The van der Waals surface area contributed by atoms with Gasteiger partial charge in [-0.3, -0.25) is 4.79 Å². The molecule has 1 fully saturated rings. The smallest absolute Gasteiger partial charge is 0.422 e. The number of ether oxygens (including phenoxy) is 1. The predicted molar refractivity (Wildman–Crippen MR) is 122 cm³/mol. The van der Waals surface area contributed by atoms with Crippen molar-refractivity contribution >= 4 is 29.2 Å². The number of nitrogens with one attached hydrogen (secondary N) is 2. The van der Waals surface area contributed by atoms with Crippen LogP contribution in [0.15, 0.2) is 42.5 Å². The van der Waals surface area contributed by atoms with Gasteiger partial charge in [-0.15, -0.1) is 11.3 Å². The van der Waals surface area contributed by atoms with Crippen molar-refractivity contribution in [3.63, 3.8) is 0 Å². The van der Waals surface area contributed by atoms with Crippen LogP contribution >= 0.6 is 11.3 Å². The molecular formula is C23H28F3N3O3S. The molecule has 0 radical (unpaired) electrons. The Morgan fingerprint density at radius 3 is 2.73 bits per heavy atom. The third-order valence-corrected chi connectivity index (χ3v) is 6.59. The van der Waals surface area contributed by atoms with E-state index < -0.39 is 12.8 Å². The van der Waals surface area contributed by atoms with Crippen LogP contribution in [-0.2, 0) is 9.59 Å². The van der Waals surface area contributed by atoms with Crippen LogP contribution in [0.3, 0.4) is 0 Å². The summed E-state index contributed by atoms with van der Waals surface area (Å²) in [6.45, 7) is 2.46. The Hall–Kier alpha value is -2.59. The summed E-state index contributed by atoms with van der Waals surface area (Å²) in [5.41, 5.74) is 0.946. The van der Waals surface area contributed by atoms with E-state index in [9.17, 15) is 22.8 Å². The number of halogens is 3. The van der Waals surface area contributed by atoms with Gasteiger partial charge in [0.2, 0.25) is 5.91 Å². The Kier molecular flexibility index (Phi) is 8.74. The maximum Gasteiger partial charge on any atom is 0.422 e. The van der Waals surface area contributed by atoms with Crippen molar-refractivity contribution in [2.24, 2.45) is 5.92 Å². The molecule has 1 aromatic carbocycles. The van der Waals surface area contributed by atoms with E-state index >= 15 is 0 Å². The number of hydrogen-bond donors (Lipinski definition) is 2. The average molecular weight is 484 g/mol. The van der Waals surface area contributed by atoms with Gasteiger partial charge in [-0.05, 0) is 44.2 Å². The highest BCUT2D eigenvalue weighted by molar-refractivity contribution is 7.13. The van der Waals surface area contributed by atoms with Crippen LogP contribution in [-0.4, -0.2) is 55.6 Å². The number of hydrogen-bond acceptors (Lipinski definition) is 6. The number of para-hydroxylation sites is 1. The number of carbonyl (C=O) groups is 2. The molecule has 0 spiro atoms. The lowest BCUT2D eigenvalue weighted by Gasteiger charge is -2.24. The molecule has 2 N–H and O–H groups in total. The van der Waals surface area contributed by atoms with Crippen molar-refractivity contribution in [2.75, 3.05) is 31.6 Å². The third-order valence-electron chi connectivity index (χ3n) is 5.41. The molecule has 1 aliphatic heterocycles. The van der Waals surface area contributed by atoms with Gasteiger partial charge in [-0.2, -0.15) is 13.2 Å². The minimum absolute atomic E-state index is 0.0492. The van der Waals surface area contributed by atoms with E-state index in [1.165, 1.54) is 6.07 Å². The van der Waals surface area contributed by atoms with Gasteiger partial charge in [-0.25, -0.2) is 0 Å². The van der Waals surface area contributed by atoms with Crippen LogP contribution in [0.2, 0.25) is 0 Å². The van der Waals surface area contributed by atoms with Crippen LogP contribution in [0.5, 0.6) is 5.06 Å². The molecule has 1 aromatic heterocycles. The van der Waals surface area contributed by atoms with E-state index in [4.69, 9.17) is 4.74 Å². The Morgan fingerprint density at radius 1 is 1.27 bits per heavy atom. The standard InChI is InChI=1S/C23H28F3N3O3S/c1-16(20-7-8-21(33-20)32-15-23(24,25)26)27-22(31)17-9-11-29(13-17)14-19(10-12-30)28-18-5-3-2-4-6-18/h2-8,12,16-17,19,28H,9-11,13-15H2,1H3,(H,27,31)/t16-,17-,19?/m1/s1. The molecular weight excluding hydrogens is 455 g/mol. The first kappa shape index (κ1) is 25.0. The fourth-order valence-corrected chi connectivity index (χ4v) is 4.65. The maximum atomic E-state index is 12.8. The number of aldehydes is 1. The zero-order valence-corrected chi connectivity index (χ0v) is 19.1. The summed E-state index contributed by atoms with van der Waals surface area (Å²) < 4.78 is 41.7. The van der Waals surface area contributed by atoms with Crippen LogP contribution in [0.1, 0.15) is 30.7 Å². The van der Waals surface area contributed by atoms with E-state index in [1.54, 1.807) is 13.0 Å². The number of alkyl halides is 3. The second-order valence-corrected chi connectivity index (χ2v) is 9.22. The molecule has 180 valence electrons. The summed E-state index contributed by atoms with van der Waals surface area (Å²) in [7, 11) is 0. The van der Waals surface area contributed by atoms with E-state index in [2.05, 4.69) is 15.5 Å². The largest absolute Gasteiger partial charge is 0.475 e. The second kappa shape index (κ2) is 11.5. The molecule has 10 heteroatoms. The van der Waals surface area contributed by atoms with Crippen LogP contribution in [0, 0.1) is 5.92 Å². The number of nitrogens with zero attached hydrogens (tertiary/aromatic N) is 1. The van der Waals surface area contributed by atoms with Gasteiger partial charge in [0.25, 0.3) is 0 Å². The van der Waals surface area contributed by atoms with Gasteiger partial charge >= 0.3 is 6.18 Å². The summed E-state index contributed by atoms with van der Waals surface area (Å²) >= 11 is 1.09. The number of benzene rings is 1. The molecule has 33 heavy (non-hydrogen) atoms. The molecule has 6 nitrogen and oxygen atoms in total. The van der Waals surface area contributed by atoms with Gasteiger partial charge in [0.15, 0.2) is 11.7 Å². The normalized spacial score (nSPS) is 18.5. The molecule has 1 saturated heterocycles. The van der Waals surface area contributed by atoms with Crippen molar-refractivity contribution in [3.8, 4) is 5.06 Å². The Morgan fingerprint density at radius 2 is 2.03 bits per heavy atom. The molecule has 0 saturated carbocycles. The average Bonchev–Trinajstić information content (AvgIpc) is 3.42. The fraction of sp³-hybridized carbons (Fsp3) is 0.478. The number of likely N-dealkylation sites (tertiary alicyclic amines) is 1. The summed E-state index contributed by atoms with van der Waals surface area (Å²) in [4.78, 5) is 26.8. The van der Waals surface area contributed by atoms with Gasteiger partial charge in [0.1, 0.15) is 6.29 Å². The fourth-order valence-electron chi connectivity index (χ4n) is 3.79. The first-order chi connectivity index (χ1) is 15.7. The van der Waals surface area contributed by atoms with Gasteiger partial charge in [0.05, 0.1) is 12.0 Å². The number of carbonyl (C=O) groups excluding carboxylic acids is 2. The van der Waals surface area contributed by atoms with Gasteiger partial charge < -0.3 is 25.1 Å². The molecule has 0 aliphatic carbocycles. The summed E-state index contributed by atoms with van der Waals surface area (Å²) in [6, 6.07) is 12.5. The molecule has 2 aromatic rings. The van der Waals surface area contributed by atoms with Crippen molar-refractivity contribution < 1.29 is 27.5 Å². The Labute approximate surface area is 195 Å².